The lowest BCUT2D eigenvalue weighted by Crippen LogP contribution is -2.21. The van der Waals surface area contributed by atoms with Crippen LogP contribution in [0.5, 0.6) is 5.75 Å². The minimum atomic E-state index is -0.248. The highest BCUT2D eigenvalue weighted by Crippen LogP contribution is 2.18. The van der Waals surface area contributed by atoms with E-state index in [9.17, 15) is 9.59 Å². The van der Waals surface area contributed by atoms with Crippen molar-refractivity contribution in [3.05, 3.63) is 75.7 Å². The molecule has 7 heteroatoms. The molecule has 0 bridgehead atoms. The molecule has 2 aromatic carbocycles. The summed E-state index contributed by atoms with van der Waals surface area (Å²) in [5.41, 5.74) is 2.53. The fourth-order valence-electron chi connectivity index (χ4n) is 2.52. The number of benzene rings is 2. The molecule has 0 fully saturated rings. The van der Waals surface area contributed by atoms with Crippen molar-refractivity contribution in [2.75, 3.05) is 19.4 Å². The van der Waals surface area contributed by atoms with Crippen molar-refractivity contribution in [2.45, 2.75) is 13.5 Å². The fraction of sp³-hybridized carbons (Fsp3) is 0.190. The van der Waals surface area contributed by atoms with Crippen molar-refractivity contribution in [3.8, 4) is 5.75 Å². The normalized spacial score (nSPS) is 10.4. The van der Waals surface area contributed by atoms with E-state index in [4.69, 9.17) is 4.74 Å². The zero-order chi connectivity index (χ0) is 20.1. The maximum Gasteiger partial charge on any atom is 0.255 e. The first-order valence-electron chi connectivity index (χ1n) is 8.69. The zero-order valence-electron chi connectivity index (χ0n) is 15.9. The number of rotatable bonds is 6. The number of hydrogen-bond acceptors (Lipinski definition) is 5. The molecule has 2 amide bonds. The second-order valence-electron chi connectivity index (χ2n) is 6.41. The number of aryl methyl sites for hydroxylation is 1. The van der Waals surface area contributed by atoms with Crippen LogP contribution in [-0.2, 0) is 6.61 Å². The molecule has 0 saturated carbocycles. The van der Waals surface area contributed by atoms with Gasteiger partial charge in [0.15, 0.2) is 0 Å². The van der Waals surface area contributed by atoms with E-state index in [0.717, 1.165) is 10.7 Å². The maximum absolute atomic E-state index is 12.5. The van der Waals surface area contributed by atoms with Gasteiger partial charge in [-0.2, -0.15) is 0 Å². The first kappa shape index (κ1) is 19.6. The number of nitrogens with one attached hydrogen (secondary N) is 1. The molecule has 0 atom stereocenters. The molecule has 0 aliphatic rings. The molecule has 0 aliphatic carbocycles. The van der Waals surface area contributed by atoms with Crippen LogP contribution in [-0.4, -0.2) is 35.8 Å². The molecule has 28 heavy (non-hydrogen) atoms. The van der Waals surface area contributed by atoms with Crippen molar-refractivity contribution in [1.82, 2.24) is 9.88 Å². The Hall–Kier alpha value is -3.19. The quantitative estimate of drug-likeness (QED) is 0.685. The van der Waals surface area contributed by atoms with E-state index in [1.807, 2.05) is 12.3 Å². The van der Waals surface area contributed by atoms with E-state index in [2.05, 4.69) is 10.3 Å². The van der Waals surface area contributed by atoms with Crippen LogP contribution in [0.1, 0.15) is 31.4 Å². The highest BCUT2D eigenvalue weighted by atomic mass is 32.1. The summed E-state index contributed by atoms with van der Waals surface area (Å²) < 4.78 is 5.73. The SMILES string of the molecule is Cc1nc(COc2cccc(C(=O)Nc3ccc(C(=O)N(C)C)cc3)c2)cs1. The van der Waals surface area contributed by atoms with Crippen LogP contribution in [0.2, 0.25) is 0 Å². The molecule has 6 nitrogen and oxygen atoms in total. The number of thiazole rings is 1. The summed E-state index contributed by atoms with van der Waals surface area (Å²) in [4.78, 5) is 30.3. The number of carbonyl (C=O) groups is 2. The second kappa shape index (κ2) is 8.67. The van der Waals surface area contributed by atoms with Crippen molar-refractivity contribution in [2.24, 2.45) is 0 Å². The molecular formula is C21H21N3O3S. The molecule has 0 saturated heterocycles. The Morgan fingerprint density at radius 2 is 1.86 bits per heavy atom. The molecule has 1 heterocycles. The Morgan fingerprint density at radius 3 is 2.50 bits per heavy atom. The molecule has 1 aromatic heterocycles. The van der Waals surface area contributed by atoms with Crippen molar-refractivity contribution < 1.29 is 14.3 Å². The monoisotopic (exact) mass is 395 g/mol. The molecule has 0 spiro atoms. The second-order valence-corrected chi connectivity index (χ2v) is 7.47. The van der Waals surface area contributed by atoms with Crippen LogP contribution in [0.25, 0.3) is 0 Å². The van der Waals surface area contributed by atoms with Gasteiger partial charge < -0.3 is 15.0 Å². The number of aromatic nitrogens is 1. The summed E-state index contributed by atoms with van der Waals surface area (Å²) in [7, 11) is 3.39. The topological polar surface area (TPSA) is 71.5 Å². The number of ether oxygens (including phenoxy) is 1. The number of nitrogens with zero attached hydrogens (tertiary/aromatic N) is 2. The Bertz CT molecular complexity index is 981. The standard InChI is InChI=1S/C21H21N3O3S/c1-14-22-18(13-28-14)12-27-19-6-4-5-16(11-19)20(25)23-17-9-7-15(8-10-17)21(26)24(2)3/h4-11,13H,12H2,1-3H3,(H,23,25). The summed E-state index contributed by atoms with van der Waals surface area (Å²) in [5, 5.41) is 5.77. The third-order valence-electron chi connectivity index (χ3n) is 3.95. The average Bonchev–Trinajstić information content (AvgIpc) is 3.12. The van der Waals surface area contributed by atoms with Crippen LogP contribution in [0.3, 0.4) is 0 Å². The van der Waals surface area contributed by atoms with Gasteiger partial charge in [0.1, 0.15) is 12.4 Å². The van der Waals surface area contributed by atoms with Crippen molar-refractivity contribution >= 4 is 28.8 Å². The summed E-state index contributed by atoms with van der Waals surface area (Å²) in [6.07, 6.45) is 0. The highest BCUT2D eigenvalue weighted by molar-refractivity contribution is 7.09. The lowest BCUT2D eigenvalue weighted by atomic mass is 10.1. The minimum absolute atomic E-state index is 0.0852. The van der Waals surface area contributed by atoms with Gasteiger partial charge in [0.2, 0.25) is 0 Å². The molecule has 0 aliphatic heterocycles. The maximum atomic E-state index is 12.5. The summed E-state index contributed by atoms with van der Waals surface area (Å²) in [6, 6.07) is 13.8. The molecule has 3 rings (SSSR count). The third kappa shape index (κ3) is 4.95. The fourth-order valence-corrected chi connectivity index (χ4v) is 3.11. The van der Waals surface area contributed by atoms with E-state index in [1.54, 1.807) is 74.0 Å². The van der Waals surface area contributed by atoms with Gasteiger partial charge in [-0.15, -0.1) is 11.3 Å². The first-order chi connectivity index (χ1) is 13.4. The van der Waals surface area contributed by atoms with Gasteiger partial charge in [-0.25, -0.2) is 4.98 Å². The summed E-state index contributed by atoms with van der Waals surface area (Å²) in [6.45, 7) is 2.30. The van der Waals surface area contributed by atoms with Gasteiger partial charge in [0, 0.05) is 36.3 Å². The Morgan fingerprint density at radius 1 is 1.11 bits per heavy atom. The number of amides is 2. The molecular weight excluding hydrogens is 374 g/mol. The molecule has 144 valence electrons. The Kier molecular flexibility index (Phi) is 6.06. The van der Waals surface area contributed by atoms with E-state index < -0.39 is 0 Å². The molecule has 3 aromatic rings. The first-order valence-corrected chi connectivity index (χ1v) is 9.57. The number of carbonyl (C=O) groups excluding carboxylic acids is 2. The molecule has 0 unspecified atom stereocenters. The van der Waals surface area contributed by atoms with Crippen LogP contribution >= 0.6 is 11.3 Å². The van der Waals surface area contributed by atoms with Crippen LogP contribution in [0.4, 0.5) is 5.69 Å². The van der Waals surface area contributed by atoms with Crippen LogP contribution < -0.4 is 10.1 Å². The highest BCUT2D eigenvalue weighted by Gasteiger charge is 2.10. The smallest absolute Gasteiger partial charge is 0.255 e. The van der Waals surface area contributed by atoms with E-state index in [-0.39, 0.29) is 11.8 Å². The lowest BCUT2D eigenvalue weighted by Gasteiger charge is -2.11. The van der Waals surface area contributed by atoms with Crippen molar-refractivity contribution in [1.29, 1.82) is 0 Å². The van der Waals surface area contributed by atoms with Gasteiger partial charge in [0.05, 0.1) is 10.7 Å². The average molecular weight is 395 g/mol. The predicted molar refractivity (Wildman–Crippen MR) is 110 cm³/mol. The van der Waals surface area contributed by atoms with Gasteiger partial charge in [-0.1, -0.05) is 6.07 Å². The Balaban J connectivity index is 1.63. The van der Waals surface area contributed by atoms with Crippen molar-refractivity contribution in [3.63, 3.8) is 0 Å². The third-order valence-corrected chi connectivity index (χ3v) is 4.77. The van der Waals surface area contributed by atoms with E-state index >= 15 is 0 Å². The minimum Gasteiger partial charge on any atom is -0.487 e. The molecule has 0 radical (unpaired) electrons. The van der Waals surface area contributed by atoms with Crippen LogP contribution in [0.15, 0.2) is 53.9 Å². The number of anilines is 1. The predicted octanol–water partition coefficient (Wildman–Crippen LogP) is 3.98. The summed E-state index contributed by atoms with van der Waals surface area (Å²) in [5.74, 6) is 0.268. The van der Waals surface area contributed by atoms with Crippen LogP contribution in [0, 0.1) is 6.92 Å². The summed E-state index contributed by atoms with van der Waals surface area (Å²) >= 11 is 1.57. The van der Waals surface area contributed by atoms with E-state index in [0.29, 0.717) is 29.2 Å². The zero-order valence-corrected chi connectivity index (χ0v) is 16.7. The Labute approximate surface area is 167 Å². The molecule has 1 N–H and O–H groups in total. The van der Waals surface area contributed by atoms with E-state index in [1.165, 1.54) is 4.90 Å². The van der Waals surface area contributed by atoms with Gasteiger partial charge in [-0.05, 0) is 49.4 Å². The largest absolute Gasteiger partial charge is 0.487 e. The number of hydrogen-bond donors (Lipinski definition) is 1. The van der Waals surface area contributed by atoms with Gasteiger partial charge >= 0.3 is 0 Å². The lowest BCUT2D eigenvalue weighted by molar-refractivity contribution is 0.0827. The van der Waals surface area contributed by atoms with Gasteiger partial charge in [-0.3, -0.25) is 9.59 Å². The van der Waals surface area contributed by atoms with Gasteiger partial charge in [0.25, 0.3) is 11.8 Å².